The number of carbonyl (C=O) groups excluding carboxylic acids is 2. The molecule has 3 aromatic rings. The molecular weight excluding hydrogens is 424 g/mol. The van der Waals surface area contributed by atoms with E-state index in [4.69, 9.17) is 4.74 Å². The number of rotatable bonds is 8. The van der Waals surface area contributed by atoms with Gasteiger partial charge in [-0.15, -0.1) is 0 Å². The van der Waals surface area contributed by atoms with E-state index in [0.29, 0.717) is 11.7 Å². The third-order valence-electron chi connectivity index (χ3n) is 4.38. The molecule has 2 aromatic carbocycles. The lowest BCUT2D eigenvalue weighted by molar-refractivity contribution is -0.125. The van der Waals surface area contributed by atoms with Crippen molar-refractivity contribution in [2.75, 3.05) is 12.4 Å². The Kier molecular flexibility index (Phi) is 7.43. The highest BCUT2D eigenvalue weighted by Crippen LogP contribution is 2.31. The van der Waals surface area contributed by atoms with Crippen LogP contribution in [0.15, 0.2) is 48.7 Å². The molecule has 1 unspecified atom stereocenters. The number of halogens is 2. The topological polar surface area (TPSA) is 80.3 Å². The monoisotopic (exact) mass is 445 g/mol. The van der Waals surface area contributed by atoms with Gasteiger partial charge in [-0.1, -0.05) is 35.6 Å². The van der Waals surface area contributed by atoms with Crippen molar-refractivity contribution in [1.82, 2.24) is 10.3 Å². The Morgan fingerprint density at radius 2 is 1.87 bits per heavy atom. The number of nitrogens with zero attached hydrogens (tertiary/aromatic N) is 1. The Hall–Kier alpha value is -3.17. The number of amides is 2. The van der Waals surface area contributed by atoms with Gasteiger partial charge in [0.15, 0.2) is 5.13 Å². The van der Waals surface area contributed by atoms with Crippen LogP contribution in [-0.4, -0.2) is 29.9 Å². The molecule has 0 spiro atoms. The van der Waals surface area contributed by atoms with Gasteiger partial charge >= 0.3 is 0 Å². The molecular formula is C22H21F2N3O3S. The van der Waals surface area contributed by atoms with Crippen molar-refractivity contribution in [1.29, 1.82) is 0 Å². The van der Waals surface area contributed by atoms with E-state index < -0.39 is 29.5 Å². The van der Waals surface area contributed by atoms with E-state index in [1.54, 1.807) is 13.3 Å². The van der Waals surface area contributed by atoms with Gasteiger partial charge in [-0.25, -0.2) is 13.8 Å². The van der Waals surface area contributed by atoms with Crippen molar-refractivity contribution in [2.24, 2.45) is 0 Å². The summed E-state index contributed by atoms with van der Waals surface area (Å²) in [4.78, 5) is 29.7. The Balaban J connectivity index is 1.59. The SMILES string of the molecule is COCc1ccccc1-c1cnc(NC(=O)C(C)NC(=O)Cc2cc(F)cc(F)c2)s1. The summed E-state index contributed by atoms with van der Waals surface area (Å²) in [5.74, 6) is -2.51. The Bertz CT molecular complexity index is 1070. The van der Waals surface area contributed by atoms with Crippen molar-refractivity contribution >= 4 is 28.3 Å². The lowest BCUT2D eigenvalue weighted by Gasteiger charge is -2.13. The molecule has 0 aliphatic heterocycles. The number of benzene rings is 2. The van der Waals surface area contributed by atoms with Crippen LogP contribution in [-0.2, 0) is 27.4 Å². The number of anilines is 1. The molecule has 1 atom stereocenters. The molecule has 1 heterocycles. The van der Waals surface area contributed by atoms with Gasteiger partial charge in [-0.3, -0.25) is 9.59 Å². The first-order valence-corrected chi connectivity index (χ1v) is 10.3. The number of methoxy groups -OCH3 is 1. The summed E-state index contributed by atoms with van der Waals surface area (Å²) in [6, 6.07) is 9.76. The third-order valence-corrected chi connectivity index (χ3v) is 5.32. The average molecular weight is 445 g/mol. The summed E-state index contributed by atoms with van der Waals surface area (Å²) < 4.78 is 31.7. The van der Waals surface area contributed by atoms with E-state index in [0.717, 1.165) is 34.2 Å². The summed E-state index contributed by atoms with van der Waals surface area (Å²) in [7, 11) is 1.62. The lowest BCUT2D eigenvalue weighted by atomic mass is 10.1. The molecule has 2 amide bonds. The molecule has 0 bridgehead atoms. The fourth-order valence-corrected chi connectivity index (χ4v) is 3.85. The summed E-state index contributed by atoms with van der Waals surface area (Å²) in [5, 5.41) is 5.58. The van der Waals surface area contributed by atoms with Crippen LogP contribution >= 0.6 is 11.3 Å². The zero-order valence-corrected chi connectivity index (χ0v) is 17.8. The number of ether oxygens (including phenoxy) is 1. The molecule has 0 saturated heterocycles. The second-order valence-electron chi connectivity index (χ2n) is 6.85. The van der Waals surface area contributed by atoms with Crippen molar-refractivity contribution in [3.63, 3.8) is 0 Å². The van der Waals surface area contributed by atoms with E-state index in [1.807, 2.05) is 24.3 Å². The fraction of sp³-hybridized carbons (Fsp3) is 0.227. The van der Waals surface area contributed by atoms with E-state index in [2.05, 4.69) is 15.6 Å². The predicted molar refractivity (Wildman–Crippen MR) is 115 cm³/mol. The first kappa shape index (κ1) is 22.5. The minimum atomic E-state index is -0.862. The number of hydrogen-bond acceptors (Lipinski definition) is 5. The summed E-state index contributed by atoms with van der Waals surface area (Å²) in [6.07, 6.45) is 1.42. The molecule has 162 valence electrons. The van der Waals surface area contributed by atoms with E-state index in [-0.39, 0.29) is 12.0 Å². The van der Waals surface area contributed by atoms with Gasteiger partial charge in [0.1, 0.15) is 17.7 Å². The van der Waals surface area contributed by atoms with Crippen molar-refractivity contribution in [3.8, 4) is 10.4 Å². The first-order chi connectivity index (χ1) is 14.9. The van der Waals surface area contributed by atoms with Crippen molar-refractivity contribution in [2.45, 2.75) is 26.0 Å². The molecule has 0 fully saturated rings. The number of aromatic nitrogens is 1. The fourth-order valence-electron chi connectivity index (χ4n) is 2.97. The van der Waals surface area contributed by atoms with Crippen LogP contribution in [0.1, 0.15) is 18.1 Å². The van der Waals surface area contributed by atoms with Crippen LogP contribution in [0.5, 0.6) is 0 Å². The average Bonchev–Trinajstić information content (AvgIpc) is 3.16. The lowest BCUT2D eigenvalue weighted by Crippen LogP contribution is -2.42. The zero-order valence-electron chi connectivity index (χ0n) is 16.9. The number of hydrogen-bond donors (Lipinski definition) is 2. The van der Waals surface area contributed by atoms with Gasteiger partial charge in [-0.05, 0) is 35.7 Å². The highest BCUT2D eigenvalue weighted by atomic mass is 32.1. The highest BCUT2D eigenvalue weighted by molar-refractivity contribution is 7.19. The molecule has 2 N–H and O–H groups in total. The van der Waals surface area contributed by atoms with Crippen LogP contribution in [0.25, 0.3) is 10.4 Å². The smallest absolute Gasteiger partial charge is 0.248 e. The van der Waals surface area contributed by atoms with Gasteiger partial charge in [0.25, 0.3) is 0 Å². The summed E-state index contributed by atoms with van der Waals surface area (Å²) >= 11 is 1.30. The molecule has 0 aliphatic rings. The highest BCUT2D eigenvalue weighted by Gasteiger charge is 2.18. The number of nitrogens with one attached hydrogen (secondary N) is 2. The quantitative estimate of drug-likeness (QED) is 0.551. The van der Waals surface area contributed by atoms with Crippen LogP contribution < -0.4 is 10.6 Å². The predicted octanol–water partition coefficient (Wildman–Crippen LogP) is 3.92. The maximum Gasteiger partial charge on any atom is 0.248 e. The van der Waals surface area contributed by atoms with Gasteiger partial charge in [-0.2, -0.15) is 0 Å². The van der Waals surface area contributed by atoms with Gasteiger partial charge in [0.05, 0.1) is 17.9 Å². The van der Waals surface area contributed by atoms with Gasteiger partial charge in [0.2, 0.25) is 11.8 Å². The molecule has 0 radical (unpaired) electrons. The van der Waals surface area contributed by atoms with Crippen LogP contribution in [0.4, 0.5) is 13.9 Å². The van der Waals surface area contributed by atoms with Crippen molar-refractivity contribution in [3.05, 3.63) is 71.4 Å². The van der Waals surface area contributed by atoms with E-state index in [9.17, 15) is 18.4 Å². The first-order valence-electron chi connectivity index (χ1n) is 9.44. The minimum Gasteiger partial charge on any atom is -0.380 e. The zero-order chi connectivity index (χ0) is 22.4. The third kappa shape index (κ3) is 6.16. The molecule has 1 aromatic heterocycles. The summed E-state index contributed by atoms with van der Waals surface area (Å²) in [5.41, 5.74) is 2.15. The molecule has 0 aliphatic carbocycles. The second kappa shape index (κ2) is 10.2. The Morgan fingerprint density at radius 3 is 2.58 bits per heavy atom. The largest absolute Gasteiger partial charge is 0.380 e. The van der Waals surface area contributed by atoms with E-state index in [1.165, 1.54) is 18.3 Å². The minimum absolute atomic E-state index is 0.182. The maximum atomic E-state index is 13.3. The van der Waals surface area contributed by atoms with Gasteiger partial charge < -0.3 is 15.4 Å². The molecule has 9 heteroatoms. The standard InChI is InChI=1S/C22H21F2N3O3S/c1-13(26-20(28)9-14-7-16(23)10-17(24)8-14)21(29)27-22-25-11-19(31-22)18-6-4-3-5-15(18)12-30-2/h3-8,10-11,13H,9,12H2,1-2H3,(H,26,28)(H,25,27,29). The van der Waals surface area contributed by atoms with Crippen LogP contribution in [0.3, 0.4) is 0 Å². The Morgan fingerprint density at radius 1 is 1.16 bits per heavy atom. The maximum absolute atomic E-state index is 13.3. The van der Waals surface area contributed by atoms with Crippen molar-refractivity contribution < 1.29 is 23.1 Å². The number of thiazole rings is 1. The molecule has 6 nitrogen and oxygen atoms in total. The Labute approximate surface area is 182 Å². The van der Waals surface area contributed by atoms with E-state index >= 15 is 0 Å². The number of carbonyl (C=O) groups is 2. The molecule has 3 rings (SSSR count). The van der Waals surface area contributed by atoms with Gasteiger partial charge in [0, 0.05) is 19.4 Å². The van der Waals surface area contributed by atoms with Crippen LogP contribution in [0.2, 0.25) is 0 Å². The van der Waals surface area contributed by atoms with Crippen LogP contribution in [0, 0.1) is 11.6 Å². The second-order valence-corrected chi connectivity index (χ2v) is 7.88. The normalized spacial score (nSPS) is 11.7. The summed E-state index contributed by atoms with van der Waals surface area (Å²) in [6.45, 7) is 1.97. The molecule has 31 heavy (non-hydrogen) atoms. The molecule has 0 saturated carbocycles.